The van der Waals surface area contributed by atoms with Crippen molar-refractivity contribution in [2.24, 2.45) is 5.92 Å². The van der Waals surface area contributed by atoms with Crippen molar-refractivity contribution < 1.29 is 24.5 Å². The summed E-state index contributed by atoms with van der Waals surface area (Å²) >= 11 is 12.8. The lowest BCUT2D eigenvalue weighted by Gasteiger charge is -2.21. The van der Waals surface area contributed by atoms with Gasteiger partial charge in [0.1, 0.15) is 17.4 Å². The quantitative estimate of drug-likeness (QED) is 0.781. The number of hydrogen-bond donors (Lipinski definition) is 2. The van der Waals surface area contributed by atoms with Gasteiger partial charge in [0.05, 0.1) is 35.3 Å². The highest BCUT2D eigenvalue weighted by Crippen LogP contribution is 2.53. The molecule has 0 radical (unpaired) electrons. The number of carbonyl (C=O) groups is 2. The van der Waals surface area contributed by atoms with Crippen molar-refractivity contribution in [3.8, 4) is 5.75 Å². The van der Waals surface area contributed by atoms with Gasteiger partial charge < -0.3 is 19.8 Å². The number of fused-ring (bicyclic) bond motifs is 3. The molecule has 1 aliphatic carbocycles. The minimum absolute atomic E-state index is 0.228. The zero-order chi connectivity index (χ0) is 20.3. The molecule has 1 aromatic carbocycles. The third-order valence-corrected chi connectivity index (χ3v) is 6.49. The molecule has 1 saturated carbocycles. The zero-order valence-electron chi connectivity index (χ0n) is 15.2. The Kier molecular flexibility index (Phi) is 4.64. The minimum atomic E-state index is -0.867. The molecule has 28 heavy (non-hydrogen) atoms. The van der Waals surface area contributed by atoms with Crippen LogP contribution >= 0.6 is 23.2 Å². The van der Waals surface area contributed by atoms with E-state index in [0.29, 0.717) is 28.8 Å². The van der Waals surface area contributed by atoms with Crippen LogP contribution in [0.3, 0.4) is 0 Å². The van der Waals surface area contributed by atoms with Crippen LogP contribution < -0.4 is 4.74 Å². The van der Waals surface area contributed by atoms with E-state index in [1.165, 1.54) is 7.11 Å². The van der Waals surface area contributed by atoms with E-state index in [1.807, 2.05) is 6.92 Å². The number of aromatic nitrogens is 1. The molecule has 2 unspecified atom stereocenters. The molecule has 0 bridgehead atoms. The summed E-state index contributed by atoms with van der Waals surface area (Å²) < 4.78 is 5.32. The number of benzene rings is 1. The molecule has 2 heterocycles. The number of rotatable bonds is 4. The van der Waals surface area contributed by atoms with Gasteiger partial charge in [0.15, 0.2) is 0 Å². The Labute approximate surface area is 170 Å². The van der Waals surface area contributed by atoms with E-state index in [1.54, 1.807) is 11.0 Å². The van der Waals surface area contributed by atoms with E-state index < -0.39 is 24.4 Å². The molecule has 4 rings (SSSR count). The zero-order valence-corrected chi connectivity index (χ0v) is 16.7. The van der Waals surface area contributed by atoms with E-state index in [4.69, 9.17) is 32.9 Å². The van der Waals surface area contributed by atoms with Crippen molar-refractivity contribution in [2.75, 3.05) is 13.7 Å². The first-order valence-corrected chi connectivity index (χ1v) is 9.57. The first kappa shape index (κ1) is 19.2. The lowest BCUT2D eigenvalue weighted by molar-refractivity contribution is -0.138. The van der Waals surface area contributed by atoms with Crippen molar-refractivity contribution in [1.82, 2.24) is 9.88 Å². The topological polar surface area (TPSA) is 100.0 Å². The summed E-state index contributed by atoms with van der Waals surface area (Å²) in [6.07, 6.45) is 0.490. The summed E-state index contributed by atoms with van der Waals surface area (Å²) in [5.41, 5.74) is 2.76. The molecule has 9 heteroatoms. The van der Waals surface area contributed by atoms with Crippen LogP contribution in [0.4, 0.5) is 0 Å². The molecule has 2 N–H and O–H groups in total. The molecular formula is C19H18Cl2N2O5. The summed E-state index contributed by atoms with van der Waals surface area (Å²) in [5, 5.41) is 19.9. The number of nitrogens with zero attached hydrogens (tertiary/aromatic N) is 2. The van der Waals surface area contributed by atoms with Crippen molar-refractivity contribution in [1.29, 1.82) is 0 Å². The Bertz CT molecular complexity index is 1030. The summed E-state index contributed by atoms with van der Waals surface area (Å²) in [6.45, 7) is 1.52. The maximum Gasteiger partial charge on any atom is 0.307 e. The fraction of sp³-hybridized carbons (Fsp3) is 0.421. The number of carboxylic acids is 1. The van der Waals surface area contributed by atoms with Crippen LogP contribution in [0.25, 0.3) is 10.9 Å². The predicted octanol–water partition coefficient (Wildman–Crippen LogP) is 3.13. The molecule has 7 nitrogen and oxygen atoms in total. The van der Waals surface area contributed by atoms with Crippen LogP contribution in [-0.4, -0.2) is 45.7 Å². The molecule has 148 valence electrons. The Balaban J connectivity index is 1.99. The molecule has 0 saturated heterocycles. The van der Waals surface area contributed by atoms with Crippen LogP contribution in [-0.2, 0) is 16.1 Å². The number of carbonyl (C=O) groups excluding carboxylic acids is 1. The number of ether oxygens (including phenoxy) is 1. The molecular weight excluding hydrogens is 407 g/mol. The summed E-state index contributed by atoms with van der Waals surface area (Å²) in [5.74, 6) is -1.61. The number of aliphatic hydroxyl groups excluding tert-OH is 1. The molecule has 2 aromatic rings. The van der Waals surface area contributed by atoms with Gasteiger partial charge in [-0.1, -0.05) is 23.2 Å². The number of aliphatic hydroxyl groups is 1. The van der Waals surface area contributed by atoms with Crippen LogP contribution in [0.2, 0.25) is 10.0 Å². The third kappa shape index (κ3) is 2.72. The summed E-state index contributed by atoms with van der Waals surface area (Å²) in [4.78, 5) is 29.9. The van der Waals surface area contributed by atoms with Gasteiger partial charge in [-0.3, -0.25) is 14.6 Å². The normalized spacial score (nSPS) is 23.0. The second-order valence-electron chi connectivity index (χ2n) is 7.13. The first-order chi connectivity index (χ1) is 13.3. The molecule has 1 amide bonds. The van der Waals surface area contributed by atoms with Gasteiger partial charge in [-0.25, -0.2) is 0 Å². The fourth-order valence-corrected chi connectivity index (χ4v) is 4.58. The van der Waals surface area contributed by atoms with Crippen LogP contribution in [0.15, 0.2) is 6.07 Å². The molecule has 3 atom stereocenters. The van der Waals surface area contributed by atoms with Crippen molar-refractivity contribution in [2.45, 2.75) is 31.8 Å². The maximum atomic E-state index is 12.2. The van der Waals surface area contributed by atoms with Crippen molar-refractivity contribution in [3.05, 3.63) is 32.9 Å². The monoisotopic (exact) mass is 424 g/mol. The number of amides is 1. The second-order valence-corrected chi connectivity index (χ2v) is 7.89. The van der Waals surface area contributed by atoms with E-state index in [9.17, 15) is 19.8 Å². The predicted molar refractivity (Wildman–Crippen MR) is 103 cm³/mol. The number of methoxy groups -OCH3 is 1. The lowest BCUT2D eigenvalue weighted by Crippen LogP contribution is -2.30. The second kappa shape index (κ2) is 6.76. The van der Waals surface area contributed by atoms with Crippen molar-refractivity contribution >= 4 is 46.0 Å². The van der Waals surface area contributed by atoms with E-state index in [0.717, 1.165) is 11.1 Å². The maximum absolute atomic E-state index is 12.2. The Morgan fingerprint density at radius 3 is 2.64 bits per heavy atom. The van der Waals surface area contributed by atoms with Crippen LogP contribution in [0, 0.1) is 5.92 Å². The highest BCUT2D eigenvalue weighted by molar-refractivity contribution is 6.46. The van der Waals surface area contributed by atoms with Gasteiger partial charge in [-0.15, -0.1) is 0 Å². The lowest BCUT2D eigenvalue weighted by atomic mass is 9.96. The largest absolute Gasteiger partial charge is 0.495 e. The minimum Gasteiger partial charge on any atom is -0.495 e. The molecule has 1 fully saturated rings. The highest BCUT2D eigenvalue weighted by Gasteiger charge is 2.48. The molecule has 0 spiro atoms. The average molecular weight is 425 g/mol. The van der Waals surface area contributed by atoms with Gasteiger partial charge in [0.25, 0.3) is 0 Å². The highest BCUT2D eigenvalue weighted by atomic mass is 35.5. The van der Waals surface area contributed by atoms with Gasteiger partial charge in [-0.2, -0.15) is 0 Å². The third-order valence-electron chi connectivity index (χ3n) is 5.65. The number of halogens is 2. The van der Waals surface area contributed by atoms with Gasteiger partial charge in [0, 0.05) is 17.8 Å². The number of carboxylic acid groups (broad SMARTS) is 1. The van der Waals surface area contributed by atoms with E-state index >= 15 is 0 Å². The molecule has 1 aromatic heterocycles. The standard InChI is InChI=1S/C19H18Cl2N2O5/c1-7-14-10-4-12(28-2)15(20)16(21)18(10)22-17(8-3-9(8)19(26)27)11(14)5-23(7)13(25)6-24/h4,7-9,24H,3,5-6H2,1-2H3,(H,26,27)/t7-,8?,9?/m0/s1. The van der Waals surface area contributed by atoms with E-state index in [2.05, 4.69) is 0 Å². The number of aliphatic carboxylic acids is 1. The molecule has 1 aliphatic heterocycles. The van der Waals surface area contributed by atoms with Gasteiger partial charge >= 0.3 is 5.97 Å². The number of pyridine rings is 1. The Hall–Kier alpha value is -2.09. The fourth-order valence-electron chi connectivity index (χ4n) is 4.12. The average Bonchev–Trinajstić information content (AvgIpc) is 3.40. The number of hydrogen-bond acceptors (Lipinski definition) is 5. The van der Waals surface area contributed by atoms with Gasteiger partial charge in [-0.05, 0) is 30.5 Å². The smallest absolute Gasteiger partial charge is 0.307 e. The Morgan fingerprint density at radius 2 is 2.07 bits per heavy atom. The first-order valence-electron chi connectivity index (χ1n) is 8.81. The van der Waals surface area contributed by atoms with Crippen molar-refractivity contribution in [3.63, 3.8) is 0 Å². The Morgan fingerprint density at radius 1 is 1.36 bits per heavy atom. The van der Waals surface area contributed by atoms with Crippen LogP contribution in [0.5, 0.6) is 5.75 Å². The summed E-state index contributed by atoms with van der Waals surface area (Å²) in [7, 11) is 1.48. The van der Waals surface area contributed by atoms with Gasteiger partial charge in [0.2, 0.25) is 5.91 Å². The van der Waals surface area contributed by atoms with Crippen LogP contribution in [0.1, 0.15) is 42.1 Å². The van der Waals surface area contributed by atoms with E-state index in [-0.39, 0.29) is 28.5 Å². The molecule has 2 aliphatic rings. The summed E-state index contributed by atoms with van der Waals surface area (Å²) in [6, 6.07) is 1.41. The SMILES string of the molecule is COc1cc2c3c(c(C4CC4C(=O)O)nc2c(Cl)c1Cl)CN(C(=O)CO)[C@H]3C.